The number of carbonyl (C=O) groups excluding carboxylic acids is 1. The average molecular weight is 326 g/mol. The number of hydrogen-bond donors (Lipinski definition) is 0. The molecule has 0 unspecified atom stereocenters. The second-order valence-corrected chi connectivity index (χ2v) is 4.97. The van der Waals surface area contributed by atoms with Crippen molar-refractivity contribution in [2.24, 2.45) is 0 Å². The van der Waals surface area contributed by atoms with Crippen LogP contribution >= 0.6 is 31.9 Å². The Bertz CT molecular complexity index is 222. The van der Waals surface area contributed by atoms with Gasteiger partial charge in [0.25, 0.3) is 5.78 Å². The number of halogens is 5. The molecule has 0 fully saturated rings. The molecule has 13 heavy (non-hydrogen) atoms. The third kappa shape index (κ3) is 4.66. The van der Waals surface area contributed by atoms with E-state index >= 15 is 0 Å². The summed E-state index contributed by atoms with van der Waals surface area (Å²) >= 11 is 5.80. The van der Waals surface area contributed by atoms with Crippen molar-refractivity contribution in [3.63, 3.8) is 0 Å². The molecule has 0 rings (SSSR count). The molecule has 0 amide bonds. The van der Waals surface area contributed by atoms with E-state index in [0.29, 0.717) is 6.08 Å². The monoisotopic (exact) mass is 324 g/mol. The molecule has 2 nitrogen and oxygen atoms in total. The van der Waals surface area contributed by atoms with E-state index in [-0.39, 0.29) is 5.76 Å². The van der Waals surface area contributed by atoms with Crippen LogP contribution in [0.15, 0.2) is 11.8 Å². The quantitative estimate of drug-likeness (QED) is 0.453. The highest BCUT2D eigenvalue weighted by Gasteiger charge is 2.37. The van der Waals surface area contributed by atoms with Gasteiger partial charge in [0.2, 0.25) is 0 Å². The zero-order valence-corrected chi connectivity index (χ0v) is 9.53. The zero-order valence-electron chi connectivity index (χ0n) is 6.36. The molecule has 0 atom stereocenters. The van der Waals surface area contributed by atoms with Crippen molar-refractivity contribution in [2.75, 3.05) is 7.11 Å². The number of alkyl halides is 5. The van der Waals surface area contributed by atoms with Crippen molar-refractivity contribution < 1.29 is 22.7 Å². The molecule has 0 aliphatic rings. The molecular weight excluding hydrogens is 321 g/mol. The van der Waals surface area contributed by atoms with Gasteiger partial charge < -0.3 is 4.74 Å². The van der Waals surface area contributed by atoms with Crippen molar-refractivity contribution >= 4 is 37.6 Å². The van der Waals surface area contributed by atoms with Gasteiger partial charge in [0.05, 0.1) is 7.11 Å². The largest absolute Gasteiger partial charge is 0.499 e. The van der Waals surface area contributed by atoms with Crippen LogP contribution in [0.1, 0.15) is 0 Å². The van der Waals surface area contributed by atoms with Gasteiger partial charge in [-0.3, -0.25) is 4.79 Å². The summed E-state index contributed by atoms with van der Waals surface area (Å²) in [6.07, 6.45) is -4.48. The van der Waals surface area contributed by atoms with E-state index in [1.807, 2.05) is 0 Å². The molecule has 0 aliphatic carbocycles. The summed E-state index contributed by atoms with van der Waals surface area (Å²) < 4.78 is 39.1. The van der Waals surface area contributed by atoms with E-state index in [0.717, 1.165) is 0 Å². The Morgan fingerprint density at radius 2 is 1.92 bits per heavy atom. The maximum absolute atomic E-state index is 11.7. The van der Waals surface area contributed by atoms with Crippen LogP contribution in [0.5, 0.6) is 0 Å². The van der Waals surface area contributed by atoms with Crippen LogP contribution in [0.25, 0.3) is 0 Å². The first-order valence-corrected chi connectivity index (χ1v) is 4.77. The highest BCUT2D eigenvalue weighted by Crippen LogP contribution is 2.23. The zero-order chi connectivity index (χ0) is 10.6. The lowest BCUT2D eigenvalue weighted by Crippen LogP contribution is -2.21. The van der Waals surface area contributed by atoms with Crippen molar-refractivity contribution in [3.05, 3.63) is 11.8 Å². The van der Waals surface area contributed by atoms with Gasteiger partial charge in [0, 0.05) is 6.08 Å². The molecule has 0 spiro atoms. The molecule has 0 radical (unpaired) electrons. The fourth-order valence-corrected chi connectivity index (χ4v) is 1.06. The summed E-state index contributed by atoms with van der Waals surface area (Å²) in [5.74, 6) is -2.09. The first-order chi connectivity index (χ1) is 5.79. The predicted molar refractivity (Wildman–Crippen MR) is 47.8 cm³/mol. The van der Waals surface area contributed by atoms with E-state index in [2.05, 4.69) is 36.6 Å². The maximum atomic E-state index is 11.7. The number of ketones is 1. The van der Waals surface area contributed by atoms with Gasteiger partial charge in [-0.05, 0) is 0 Å². The second kappa shape index (κ2) is 4.99. The molecule has 0 saturated carbocycles. The number of rotatable bonds is 3. The van der Waals surface area contributed by atoms with E-state index in [1.54, 1.807) is 0 Å². The third-order valence-electron chi connectivity index (χ3n) is 1.00. The van der Waals surface area contributed by atoms with Crippen molar-refractivity contribution in [2.45, 2.75) is 9.91 Å². The van der Waals surface area contributed by atoms with Crippen molar-refractivity contribution in [1.82, 2.24) is 0 Å². The lowest BCUT2D eigenvalue weighted by molar-refractivity contribution is -0.165. The minimum absolute atomic E-state index is 0.137. The van der Waals surface area contributed by atoms with Crippen LogP contribution in [0.2, 0.25) is 0 Å². The summed E-state index contributed by atoms with van der Waals surface area (Å²) in [5.41, 5.74) is 0. The number of carbonyl (C=O) groups is 1. The lowest BCUT2D eigenvalue weighted by Gasteiger charge is -2.07. The molecule has 0 bridgehead atoms. The predicted octanol–water partition coefficient (Wildman–Crippen LogP) is 2.76. The van der Waals surface area contributed by atoms with Crippen molar-refractivity contribution in [1.29, 1.82) is 0 Å². The van der Waals surface area contributed by atoms with Gasteiger partial charge >= 0.3 is 6.18 Å². The minimum atomic E-state index is -4.86. The highest BCUT2D eigenvalue weighted by atomic mass is 79.9. The summed E-state index contributed by atoms with van der Waals surface area (Å²) in [7, 11) is 1.17. The van der Waals surface area contributed by atoms with E-state index in [1.165, 1.54) is 7.11 Å². The highest BCUT2D eigenvalue weighted by molar-refractivity contribution is 9.24. The van der Waals surface area contributed by atoms with Gasteiger partial charge in [-0.2, -0.15) is 13.2 Å². The molecule has 0 N–H and O–H groups in total. The average Bonchev–Trinajstić information content (AvgIpc) is 1.96. The maximum Gasteiger partial charge on any atom is 0.454 e. The van der Waals surface area contributed by atoms with Crippen LogP contribution in [0.4, 0.5) is 13.2 Å². The Hall–Kier alpha value is -0.0400. The molecule has 0 aromatic carbocycles. The summed E-state index contributed by atoms with van der Waals surface area (Å²) in [4.78, 5) is 10.4. The standard InChI is InChI=1S/C6H5Br2F3O2/c1-13-3(5(7)8)2-4(12)6(9,10)11/h2,5H,1H3/b3-2+. The first-order valence-electron chi connectivity index (χ1n) is 2.94. The number of ether oxygens (including phenoxy) is 1. The minimum Gasteiger partial charge on any atom is -0.499 e. The van der Waals surface area contributed by atoms with Crippen LogP contribution in [-0.2, 0) is 9.53 Å². The Balaban J connectivity index is 4.62. The lowest BCUT2D eigenvalue weighted by atomic mass is 10.3. The van der Waals surface area contributed by atoms with Gasteiger partial charge in [-0.1, -0.05) is 31.9 Å². The fraction of sp³-hybridized carbons (Fsp3) is 0.500. The van der Waals surface area contributed by atoms with Gasteiger partial charge in [-0.25, -0.2) is 0 Å². The molecule has 0 aromatic heterocycles. The Morgan fingerprint density at radius 1 is 1.46 bits per heavy atom. The van der Waals surface area contributed by atoms with Crippen LogP contribution in [0, 0.1) is 0 Å². The molecule has 0 aliphatic heterocycles. The Kier molecular flexibility index (Phi) is 4.98. The number of hydrogen-bond acceptors (Lipinski definition) is 2. The second-order valence-electron chi connectivity index (χ2n) is 1.91. The topological polar surface area (TPSA) is 26.3 Å². The number of allylic oxidation sites excluding steroid dienone is 2. The summed E-state index contributed by atoms with van der Waals surface area (Å²) in [6, 6.07) is 0. The smallest absolute Gasteiger partial charge is 0.454 e. The molecule has 7 heteroatoms. The Morgan fingerprint density at radius 3 is 2.15 bits per heavy atom. The molecule has 0 heterocycles. The normalized spacial score (nSPS) is 13.3. The van der Waals surface area contributed by atoms with E-state index in [9.17, 15) is 18.0 Å². The summed E-state index contributed by atoms with van der Waals surface area (Å²) in [5, 5.41) is 0. The molecular formula is C6H5Br2F3O2. The van der Waals surface area contributed by atoms with Gasteiger partial charge in [0.15, 0.2) is 0 Å². The molecule has 76 valence electrons. The summed E-state index contributed by atoms with van der Waals surface area (Å²) in [6.45, 7) is 0. The van der Waals surface area contributed by atoms with Gasteiger partial charge in [-0.15, -0.1) is 0 Å². The number of methoxy groups -OCH3 is 1. The SMILES string of the molecule is CO/C(=C/C(=O)C(F)(F)F)C(Br)Br. The van der Waals surface area contributed by atoms with E-state index in [4.69, 9.17) is 0 Å². The third-order valence-corrected chi connectivity index (χ3v) is 1.91. The Labute approximate surface area is 89.4 Å². The van der Waals surface area contributed by atoms with E-state index < -0.39 is 15.7 Å². The van der Waals surface area contributed by atoms with Crippen LogP contribution in [-0.4, -0.2) is 22.8 Å². The molecule has 0 saturated heterocycles. The fourth-order valence-electron chi connectivity index (χ4n) is 0.422. The van der Waals surface area contributed by atoms with Gasteiger partial charge in [0.1, 0.15) is 9.50 Å². The first kappa shape index (κ1) is 13.0. The van der Waals surface area contributed by atoms with Crippen molar-refractivity contribution in [3.8, 4) is 0 Å². The van der Waals surface area contributed by atoms with Crippen LogP contribution in [0.3, 0.4) is 0 Å². The molecule has 0 aromatic rings. The van der Waals surface area contributed by atoms with Crippen LogP contribution < -0.4 is 0 Å².